The van der Waals surface area contributed by atoms with Crippen molar-refractivity contribution in [3.63, 3.8) is 0 Å². The van der Waals surface area contributed by atoms with E-state index in [1.54, 1.807) is 0 Å². The van der Waals surface area contributed by atoms with E-state index in [9.17, 15) is 14.9 Å². The van der Waals surface area contributed by atoms with Crippen LogP contribution in [0.25, 0.3) is 27.6 Å². The Balaban J connectivity index is 1.61. The summed E-state index contributed by atoms with van der Waals surface area (Å²) in [5, 5.41) is 24.5. The molecule has 0 aliphatic carbocycles. The second-order valence-corrected chi connectivity index (χ2v) is 9.09. The monoisotopic (exact) mass is 536 g/mol. The van der Waals surface area contributed by atoms with Gasteiger partial charge in [-0.05, 0) is 0 Å². The first-order valence-electron chi connectivity index (χ1n) is 10.4. The highest BCUT2D eigenvalue weighted by Crippen LogP contribution is 2.38. The van der Waals surface area contributed by atoms with Gasteiger partial charge in [-0.25, -0.2) is 4.98 Å². The van der Waals surface area contributed by atoms with Crippen LogP contribution in [0.3, 0.4) is 0 Å². The van der Waals surface area contributed by atoms with Crippen LogP contribution < -0.4 is 5.56 Å². The number of nitrogens with one attached hydrogen (secondary N) is 1. The molecule has 0 saturated heterocycles. The Morgan fingerprint density at radius 3 is 2.11 bits per heavy atom. The number of hydrogen-bond donors (Lipinski definition) is 1. The van der Waals surface area contributed by atoms with Crippen molar-refractivity contribution in [1.29, 1.82) is 0 Å². The molecule has 3 aromatic carbocycles. The number of non-ortho nitro benzene ring substituents is 1. The molecule has 0 aliphatic heterocycles. The van der Waals surface area contributed by atoms with Gasteiger partial charge in [0.2, 0.25) is 5.13 Å². The van der Waals surface area contributed by atoms with E-state index in [0.29, 0.717) is 16.4 Å². The average Bonchev–Trinajstić information content (AvgIpc) is 3.49. The number of nitro benzene ring substituents is 1. The first kappa shape index (κ1) is 23.6. The number of rotatable bonds is 6. The molecule has 0 radical (unpaired) electrons. The summed E-state index contributed by atoms with van der Waals surface area (Å²) in [6.07, 6.45) is 0. The molecule has 2 aromatic heterocycles. The first-order valence-corrected chi connectivity index (χ1v) is 12.0. The maximum Gasteiger partial charge on any atom is 0.301 e. The summed E-state index contributed by atoms with van der Waals surface area (Å²) < 4.78 is 1.30. The topological polar surface area (TPSA) is 119 Å². The zero-order valence-corrected chi connectivity index (χ0v) is 20.5. The number of benzene rings is 3. The third-order valence-corrected chi connectivity index (χ3v) is 6.55. The van der Waals surface area contributed by atoms with E-state index in [0.717, 1.165) is 23.4 Å². The Morgan fingerprint density at radius 2 is 1.50 bits per heavy atom. The van der Waals surface area contributed by atoms with E-state index in [4.69, 9.17) is 23.2 Å². The molecule has 0 atom stereocenters. The van der Waals surface area contributed by atoms with Crippen LogP contribution in [0.4, 0.5) is 17.1 Å². The number of azo groups is 1. The van der Waals surface area contributed by atoms with Crippen molar-refractivity contribution >= 4 is 51.6 Å². The highest BCUT2D eigenvalue weighted by Gasteiger charge is 2.20. The van der Waals surface area contributed by atoms with Crippen molar-refractivity contribution < 1.29 is 4.92 Å². The summed E-state index contributed by atoms with van der Waals surface area (Å²) in [6, 6.07) is 21.0. The Morgan fingerprint density at radius 1 is 0.917 bits per heavy atom. The fourth-order valence-electron chi connectivity index (χ4n) is 3.42. The number of aromatic amines is 1. The van der Waals surface area contributed by atoms with Gasteiger partial charge in [-0.1, -0.05) is 83.9 Å². The largest absolute Gasteiger partial charge is 0.301 e. The molecule has 1 N–H and O–H groups in total. The summed E-state index contributed by atoms with van der Waals surface area (Å²) in [6.45, 7) is 0. The van der Waals surface area contributed by atoms with Crippen LogP contribution in [0, 0.1) is 10.1 Å². The standard InChI is InChI=1S/C24H14Cl2N6O3S/c25-17-11-16(32(34)35)12-18(26)21(17)28-29-22-20(15-9-5-2-6-10-15)30-31(23(22)33)24-27-19(13-36-24)14-7-3-1-4-8-14/h1-13,30H. The van der Waals surface area contributed by atoms with Gasteiger partial charge in [-0.15, -0.1) is 21.6 Å². The lowest BCUT2D eigenvalue weighted by Crippen LogP contribution is -2.13. The van der Waals surface area contributed by atoms with Crippen LogP contribution in [0.15, 0.2) is 93.2 Å². The molecular weight excluding hydrogens is 523 g/mol. The predicted molar refractivity (Wildman–Crippen MR) is 140 cm³/mol. The van der Waals surface area contributed by atoms with Crippen molar-refractivity contribution in [2.75, 3.05) is 0 Å². The molecule has 0 unspecified atom stereocenters. The Bertz CT molecular complexity index is 1640. The molecule has 0 bridgehead atoms. The number of hydrogen-bond acceptors (Lipinski definition) is 7. The molecule has 0 spiro atoms. The molecule has 12 heteroatoms. The van der Waals surface area contributed by atoms with Crippen LogP contribution >= 0.6 is 34.5 Å². The Kier molecular flexibility index (Phi) is 6.47. The lowest BCUT2D eigenvalue weighted by atomic mass is 10.1. The minimum Gasteiger partial charge on any atom is -0.286 e. The minimum atomic E-state index is -0.616. The van der Waals surface area contributed by atoms with E-state index < -0.39 is 10.5 Å². The highest BCUT2D eigenvalue weighted by atomic mass is 35.5. The van der Waals surface area contributed by atoms with Gasteiger partial charge < -0.3 is 0 Å². The van der Waals surface area contributed by atoms with Gasteiger partial charge in [0.15, 0.2) is 5.69 Å². The van der Waals surface area contributed by atoms with Gasteiger partial charge >= 0.3 is 5.56 Å². The molecule has 0 aliphatic rings. The summed E-state index contributed by atoms with van der Waals surface area (Å²) in [5.41, 5.74) is 2.00. The number of halogens is 2. The van der Waals surface area contributed by atoms with Gasteiger partial charge in [0.1, 0.15) is 5.69 Å². The van der Waals surface area contributed by atoms with Crippen molar-refractivity contribution in [3.8, 4) is 27.6 Å². The second-order valence-electron chi connectivity index (χ2n) is 7.44. The molecule has 5 aromatic rings. The quantitative estimate of drug-likeness (QED) is 0.136. The first-order chi connectivity index (χ1) is 17.4. The molecular formula is C24H14Cl2N6O3S. The van der Waals surface area contributed by atoms with Gasteiger partial charge in [-0.3, -0.25) is 20.0 Å². The molecule has 178 valence electrons. The van der Waals surface area contributed by atoms with Gasteiger partial charge in [0.25, 0.3) is 5.69 Å². The molecule has 9 nitrogen and oxygen atoms in total. The number of H-pyrrole nitrogens is 1. The molecule has 0 saturated carbocycles. The zero-order valence-electron chi connectivity index (χ0n) is 18.1. The fraction of sp³-hybridized carbons (Fsp3) is 0. The van der Waals surface area contributed by atoms with E-state index in [-0.39, 0.29) is 27.1 Å². The number of nitro groups is 1. The van der Waals surface area contributed by atoms with E-state index >= 15 is 0 Å². The molecule has 5 rings (SSSR count). The van der Waals surface area contributed by atoms with Crippen molar-refractivity contribution in [2.24, 2.45) is 10.2 Å². The normalized spacial score (nSPS) is 11.3. The van der Waals surface area contributed by atoms with E-state index in [1.807, 2.05) is 66.0 Å². The van der Waals surface area contributed by atoms with E-state index in [2.05, 4.69) is 20.3 Å². The fourth-order valence-corrected chi connectivity index (χ4v) is 4.77. The minimum absolute atomic E-state index is 0.00291. The zero-order chi connectivity index (χ0) is 25.2. The lowest BCUT2D eigenvalue weighted by molar-refractivity contribution is -0.384. The maximum atomic E-state index is 13.4. The van der Waals surface area contributed by atoms with Crippen molar-refractivity contribution in [2.45, 2.75) is 0 Å². The SMILES string of the molecule is O=c1c(N=Nc2c(Cl)cc([N+](=O)[O-])cc2Cl)c(-c2ccccc2)[nH]n1-c1nc(-c2ccccc2)cs1. The van der Waals surface area contributed by atoms with Crippen LogP contribution in [-0.2, 0) is 0 Å². The molecule has 0 fully saturated rings. The number of aromatic nitrogens is 3. The van der Waals surface area contributed by atoms with Crippen molar-refractivity contribution in [3.05, 3.63) is 109 Å². The van der Waals surface area contributed by atoms with Gasteiger partial charge in [-0.2, -0.15) is 4.68 Å². The van der Waals surface area contributed by atoms with Crippen LogP contribution in [0.5, 0.6) is 0 Å². The molecule has 36 heavy (non-hydrogen) atoms. The Labute approximate surface area is 217 Å². The summed E-state index contributed by atoms with van der Waals surface area (Å²) >= 11 is 13.6. The number of nitrogens with zero attached hydrogens (tertiary/aromatic N) is 5. The van der Waals surface area contributed by atoms with Crippen LogP contribution in [0.2, 0.25) is 10.0 Å². The van der Waals surface area contributed by atoms with E-state index in [1.165, 1.54) is 16.0 Å². The second kappa shape index (κ2) is 9.86. The lowest BCUT2D eigenvalue weighted by Gasteiger charge is -2.01. The average molecular weight is 537 g/mol. The summed E-state index contributed by atoms with van der Waals surface area (Å²) in [5.74, 6) is 0. The summed E-state index contributed by atoms with van der Waals surface area (Å²) in [7, 11) is 0. The molecule has 0 amide bonds. The number of thiazole rings is 1. The van der Waals surface area contributed by atoms with Gasteiger partial charge in [0, 0.05) is 28.6 Å². The summed E-state index contributed by atoms with van der Waals surface area (Å²) in [4.78, 5) is 28.5. The van der Waals surface area contributed by atoms with Crippen LogP contribution in [0.1, 0.15) is 0 Å². The molecule has 2 heterocycles. The maximum absolute atomic E-state index is 13.4. The smallest absolute Gasteiger partial charge is 0.286 e. The van der Waals surface area contributed by atoms with Crippen LogP contribution in [-0.4, -0.2) is 19.7 Å². The highest BCUT2D eigenvalue weighted by molar-refractivity contribution is 7.12. The third kappa shape index (κ3) is 4.57. The Hall–Kier alpha value is -4.12. The van der Waals surface area contributed by atoms with Crippen molar-refractivity contribution in [1.82, 2.24) is 14.8 Å². The van der Waals surface area contributed by atoms with Gasteiger partial charge in [0.05, 0.1) is 26.4 Å². The predicted octanol–water partition coefficient (Wildman–Crippen LogP) is 7.59. The third-order valence-electron chi connectivity index (χ3n) is 5.14.